The number of aromatic nitrogens is 2. The quantitative estimate of drug-likeness (QED) is 0.573. The van der Waals surface area contributed by atoms with Crippen LogP contribution in [0.4, 0.5) is 5.82 Å². The summed E-state index contributed by atoms with van der Waals surface area (Å²) in [6.07, 6.45) is 0. The van der Waals surface area contributed by atoms with Gasteiger partial charge in [-0.25, -0.2) is 9.79 Å². The zero-order chi connectivity index (χ0) is 20.4. The maximum absolute atomic E-state index is 13.4. The maximum Gasteiger partial charge on any atom is 0.332 e. The number of aliphatic imine (C=N–C) groups is 1. The van der Waals surface area contributed by atoms with Gasteiger partial charge in [0.15, 0.2) is 5.78 Å². The van der Waals surface area contributed by atoms with Crippen LogP contribution in [0.1, 0.15) is 33.0 Å². The summed E-state index contributed by atoms with van der Waals surface area (Å²) >= 11 is 3.49. The molecule has 1 aromatic heterocycles. The Morgan fingerprint density at radius 1 is 0.897 bits per heavy atom. The Balaban J connectivity index is 1.92. The SMILES string of the molecule is Cn1c2c(c(=O)n(C)c1=O)[C@@H](c1cccc(Br)c1)[C@H]1C(=O)c3ccccc3C1=N2. The third-order valence-corrected chi connectivity index (χ3v) is 6.28. The van der Waals surface area contributed by atoms with Gasteiger partial charge < -0.3 is 0 Å². The van der Waals surface area contributed by atoms with E-state index in [-0.39, 0.29) is 5.78 Å². The first kappa shape index (κ1) is 18.0. The molecule has 0 bridgehead atoms. The van der Waals surface area contributed by atoms with Crippen molar-refractivity contribution in [2.45, 2.75) is 5.92 Å². The van der Waals surface area contributed by atoms with Crippen molar-refractivity contribution in [1.29, 1.82) is 0 Å². The second kappa shape index (κ2) is 6.22. The predicted molar refractivity (Wildman–Crippen MR) is 113 cm³/mol. The zero-order valence-electron chi connectivity index (χ0n) is 15.7. The van der Waals surface area contributed by atoms with Gasteiger partial charge in [0.05, 0.1) is 17.2 Å². The average Bonchev–Trinajstić information content (AvgIpc) is 3.01. The lowest BCUT2D eigenvalue weighted by atomic mass is 9.76. The molecule has 144 valence electrons. The van der Waals surface area contributed by atoms with Gasteiger partial charge in [0.1, 0.15) is 5.82 Å². The molecule has 5 rings (SSSR count). The van der Waals surface area contributed by atoms with E-state index in [9.17, 15) is 14.4 Å². The summed E-state index contributed by atoms with van der Waals surface area (Å²) in [5.74, 6) is -0.857. The molecule has 0 N–H and O–H groups in total. The van der Waals surface area contributed by atoms with Crippen molar-refractivity contribution in [2.75, 3.05) is 0 Å². The van der Waals surface area contributed by atoms with Crippen molar-refractivity contribution in [1.82, 2.24) is 9.13 Å². The van der Waals surface area contributed by atoms with Crippen LogP contribution in [0.15, 0.2) is 67.6 Å². The summed E-state index contributed by atoms with van der Waals surface area (Å²) in [6, 6.07) is 14.9. The van der Waals surface area contributed by atoms with Gasteiger partial charge in [-0.05, 0) is 17.7 Å². The summed E-state index contributed by atoms with van der Waals surface area (Å²) in [5, 5.41) is 0. The Morgan fingerprint density at radius 3 is 2.34 bits per heavy atom. The van der Waals surface area contributed by atoms with Gasteiger partial charge in [0.25, 0.3) is 5.56 Å². The minimum atomic E-state index is -0.598. The van der Waals surface area contributed by atoms with Gasteiger partial charge in [-0.1, -0.05) is 52.3 Å². The maximum atomic E-state index is 13.4. The molecule has 0 spiro atoms. The van der Waals surface area contributed by atoms with Crippen LogP contribution in [0.25, 0.3) is 0 Å². The molecule has 0 fully saturated rings. The van der Waals surface area contributed by atoms with Gasteiger partial charge >= 0.3 is 5.69 Å². The molecular weight excluding hydrogens is 434 g/mol. The van der Waals surface area contributed by atoms with Crippen molar-refractivity contribution in [3.63, 3.8) is 0 Å². The molecule has 1 aliphatic heterocycles. The van der Waals surface area contributed by atoms with Crippen LogP contribution in [-0.4, -0.2) is 20.6 Å². The van der Waals surface area contributed by atoms with Crippen LogP contribution < -0.4 is 11.2 Å². The van der Waals surface area contributed by atoms with E-state index in [4.69, 9.17) is 4.99 Å². The summed E-state index contributed by atoms with van der Waals surface area (Å²) in [6.45, 7) is 0. The van der Waals surface area contributed by atoms with Crippen LogP contribution in [0.2, 0.25) is 0 Å². The topological polar surface area (TPSA) is 73.4 Å². The molecule has 2 aromatic carbocycles. The fraction of sp³-hybridized carbons (Fsp3) is 0.182. The molecule has 2 atom stereocenters. The van der Waals surface area contributed by atoms with Crippen LogP contribution in [0.5, 0.6) is 0 Å². The number of halogens is 1. The number of hydrogen-bond donors (Lipinski definition) is 0. The number of Topliss-reactive ketones (excluding diaryl/α,β-unsaturated/α-hetero) is 1. The minimum Gasteiger partial charge on any atom is -0.293 e. The van der Waals surface area contributed by atoms with Crippen LogP contribution >= 0.6 is 15.9 Å². The van der Waals surface area contributed by atoms with Gasteiger partial charge in [-0.15, -0.1) is 0 Å². The summed E-state index contributed by atoms with van der Waals surface area (Å²) in [4.78, 5) is 43.8. The van der Waals surface area contributed by atoms with Gasteiger partial charge in [0.2, 0.25) is 0 Å². The molecule has 2 heterocycles. The Labute approximate surface area is 174 Å². The van der Waals surface area contributed by atoms with E-state index in [2.05, 4.69) is 15.9 Å². The number of ketones is 1. The summed E-state index contributed by atoms with van der Waals surface area (Å²) < 4.78 is 3.32. The van der Waals surface area contributed by atoms with E-state index >= 15 is 0 Å². The molecule has 0 amide bonds. The summed E-state index contributed by atoms with van der Waals surface area (Å²) in [5.41, 5.74) is 2.33. The van der Waals surface area contributed by atoms with Crippen molar-refractivity contribution < 1.29 is 4.79 Å². The standard InChI is InChI=1S/C22H16BrN3O3/c1-25-20-17(21(28)26(2)22(25)29)15(11-6-5-7-12(23)10-11)16-18(24-20)13-8-3-4-9-14(13)19(16)27/h3-10,15-16H,1-2H3/t15-,16+/m0/s1. The minimum absolute atomic E-state index is 0.0501. The number of carbonyl (C=O) groups excluding carboxylic acids is 1. The Hall–Kier alpha value is -3.06. The van der Waals surface area contributed by atoms with Crippen molar-refractivity contribution in [3.8, 4) is 0 Å². The third kappa shape index (κ3) is 2.40. The predicted octanol–water partition coefficient (Wildman–Crippen LogP) is 2.93. The van der Waals surface area contributed by atoms with E-state index in [1.807, 2.05) is 42.5 Å². The van der Waals surface area contributed by atoms with E-state index < -0.39 is 23.1 Å². The summed E-state index contributed by atoms with van der Waals surface area (Å²) in [7, 11) is 3.05. The first-order chi connectivity index (χ1) is 13.9. The Bertz CT molecular complexity index is 1370. The van der Waals surface area contributed by atoms with Crippen molar-refractivity contribution >= 4 is 33.2 Å². The number of rotatable bonds is 1. The van der Waals surface area contributed by atoms with Crippen LogP contribution in [-0.2, 0) is 14.1 Å². The van der Waals surface area contributed by atoms with Crippen molar-refractivity contribution in [3.05, 3.63) is 96.1 Å². The normalized spacial score (nSPS) is 19.4. The molecule has 3 aromatic rings. The first-order valence-electron chi connectivity index (χ1n) is 9.17. The van der Waals surface area contributed by atoms with E-state index in [1.165, 1.54) is 11.6 Å². The second-order valence-corrected chi connectivity index (χ2v) is 8.28. The molecule has 6 nitrogen and oxygen atoms in total. The van der Waals surface area contributed by atoms with Gasteiger partial charge in [-0.3, -0.25) is 18.7 Å². The Kier molecular flexibility index (Phi) is 3.86. The van der Waals surface area contributed by atoms with E-state index in [1.54, 1.807) is 13.1 Å². The lowest BCUT2D eigenvalue weighted by molar-refractivity contribution is 0.0953. The molecule has 29 heavy (non-hydrogen) atoms. The van der Waals surface area contributed by atoms with E-state index in [0.29, 0.717) is 22.7 Å². The molecule has 0 unspecified atom stereocenters. The number of benzene rings is 2. The first-order valence-corrected chi connectivity index (χ1v) is 9.97. The molecule has 7 heteroatoms. The van der Waals surface area contributed by atoms with E-state index in [0.717, 1.165) is 20.2 Å². The lowest BCUT2D eigenvalue weighted by Gasteiger charge is -2.30. The van der Waals surface area contributed by atoms with Crippen molar-refractivity contribution in [2.24, 2.45) is 25.0 Å². The highest BCUT2D eigenvalue weighted by Crippen LogP contribution is 2.46. The zero-order valence-corrected chi connectivity index (χ0v) is 17.3. The molecular formula is C22H16BrN3O3. The molecule has 0 radical (unpaired) electrons. The monoisotopic (exact) mass is 449 g/mol. The number of fused-ring (bicyclic) bond motifs is 4. The third-order valence-electron chi connectivity index (χ3n) is 5.79. The highest BCUT2D eigenvalue weighted by Gasteiger charge is 2.47. The lowest BCUT2D eigenvalue weighted by Crippen LogP contribution is -2.43. The number of carbonyl (C=O) groups is 1. The van der Waals surface area contributed by atoms with Crippen LogP contribution in [0, 0.1) is 5.92 Å². The fourth-order valence-electron chi connectivity index (χ4n) is 4.43. The number of nitrogens with zero attached hydrogens (tertiary/aromatic N) is 3. The molecule has 0 saturated heterocycles. The van der Waals surface area contributed by atoms with Crippen LogP contribution in [0.3, 0.4) is 0 Å². The fourth-order valence-corrected chi connectivity index (χ4v) is 4.84. The smallest absolute Gasteiger partial charge is 0.293 e. The highest BCUT2D eigenvalue weighted by molar-refractivity contribution is 9.10. The van der Waals surface area contributed by atoms with Gasteiger partial charge in [0, 0.05) is 35.6 Å². The number of hydrogen-bond acceptors (Lipinski definition) is 4. The Morgan fingerprint density at radius 2 is 1.62 bits per heavy atom. The highest BCUT2D eigenvalue weighted by atomic mass is 79.9. The largest absolute Gasteiger partial charge is 0.332 e. The molecule has 2 aliphatic rings. The van der Waals surface area contributed by atoms with Gasteiger partial charge in [-0.2, -0.15) is 0 Å². The molecule has 0 saturated carbocycles. The second-order valence-electron chi connectivity index (χ2n) is 7.36. The average molecular weight is 450 g/mol. The molecule has 1 aliphatic carbocycles.